The van der Waals surface area contributed by atoms with E-state index in [1.165, 1.54) is 0 Å². The zero-order valence-electron chi connectivity index (χ0n) is 11.3. The average Bonchev–Trinajstić information content (AvgIpc) is 2.76. The lowest BCUT2D eigenvalue weighted by Crippen LogP contribution is -2.17. The summed E-state index contributed by atoms with van der Waals surface area (Å²) in [5.41, 5.74) is 8.41. The minimum Gasteiger partial charge on any atom is -0.324 e. The highest BCUT2D eigenvalue weighted by molar-refractivity contribution is 6.30. The zero-order valence-corrected chi connectivity index (χ0v) is 12.1. The highest BCUT2D eigenvalue weighted by Crippen LogP contribution is 2.21. The first-order chi connectivity index (χ1) is 9.10. The van der Waals surface area contributed by atoms with Gasteiger partial charge in [-0.05, 0) is 36.6 Å². The number of rotatable bonds is 5. The third kappa shape index (κ3) is 3.55. The van der Waals surface area contributed by atoms with E-state index in [2.05, 4.69) is 23.1 Å². The van der Waals surface area contributed by atoms with E-state index in [-0.39, 0.29) is 6.04 Å². The smallest absolute Gasteiger partial charge is 0.138 e. The fraction of sp³-hybridized carbons (Fsp3) is 0.429. The van der Waals surface area contributed by atoms with Gasteiger partial charge in [-0.25, -0.2) is 4.98 Å². The Morgan fingerprint density at radius 3 is 2.84 bits per heavy atom. The molecule has 0 saturated carbocycles. The second-order valence-corrected chi connectivity index (χ2v) is 5.21. The van der Waals surface area contributed by atoms with Crippen molar-refractivity contribution in [3.8, 4) is 0 Å². The quantitative estimate of drug-likeness (QED) is 0.915. The molecule has 1 unspecified atom stereocenters. The lowest BCUT2D eigenvalue weighted by atomic mass is 10.0. The van der Waals surface area contributed by atoms with Crippen LogP contribution >= 0.6 is 11.6 Å². The van der Waals surface area contributed by atoms with Crippen LogP contribution in [-0.2, 0) is 13.0 Å². The number of nitrogens with zero attached hydrogens (tertiary/aromatic N) is 3. The van der Waals surface area contributed by atoms with Crippen LogP contribution in [-0.4, -0.2) is 14.8 Å². The molecule has 0 bridgehead atoms. The van der Waals surface area contributed by atoms with Crippen molar-refractivity contribution < 1.29 is 0 Å². The predicted molar refractivity (Wildman–Crippen MR) is 77.1 cm³/mol. The number of hydrogen-bond acceptors (Lipinski definition) is 3. The van der Waals surface area contributed by atoms with E-state index < -0.39 is 0 Å². The largest absolute Gasteiger partial charge is 0.324 e. The Balaban J connectivity index is 2.15. The molecule has 1 heterocycles. The monoisotopic (exact) mass is 278 g/mol. The Morgan fingerprint density at radius 2 is 2.16 bits per heavy atom. The van der Waals surface area contributed by atoms with Crippen molar-refractivity contribution in [1.29, 1.82) is 0 Å². The lowest BCUT2D eigenvalue weighted by Gasteiger charge is -2.13. The van der Waals surface area contributed by atoms with E-state index in [1.807, 2.05) is 23.7 Å². The summed E-state index contributed by atoms with van der Waals surface area (Å²) in [5.74, 6) is 0.923. The van der Waals surface area contributed by atoms with Crippen LogP contribution in [0.2, 0.25) is 5.02 Å². The maximum Gasteiger partial charge on any atom is 0.138 e. The third-order valence-electron chi connectivity index (χ3n) is 3.03. The van der Waals surface area contributed by atoms with Gasteiger partial charge in [0.2, 0.25) is 0 Å². The predicted octanol–water partition coefficient (Wildman–Crippen LogP) is 2.89. The molecule has 0 aliphatic heterocycles. The summed E-state index contributed by atoms with van der Waals surface area (Å²) < 4.78 is 1.91. The van der Waals surface area contributed by atoms with Gasteiger partial charge in [-0.3, -0.25) is 4.68 Å². The Hall–Kier alpha value is -1.39. The number of hydrogen-bond donors (Lipinski definition) is 1. The Kier molecular flexibility index (Phi) is 4.56. The van der Waals surface area contributed by atoms with Crippen LogP contribution in [0.15, 0.2) is 24.5 Å². The molecule has 2 N–H and O–H groups in total. The Labute approximate surface area is 118 Å². The van der Waals surface area contributed by atoms with Gasteiger partial charge < -0.3 is 5.73 Å². The van der Waals surface area contributed by atoms with E-state index in [9.17, 15) is 0 Å². The van der Waals surface area contributed by atoms with Crippen LogP contribution in [0.3, 0.4) is 0 Å². The molecule has 5 heteroatoms. The molecule has 0 spiro atoms. The standard InChI is InChI=1S/C14H19ClN4/c1-3-4-19-14(17-9-18-19)8-13(16)11-5-10(2)6-12(15)7-11/h5-7,9,13H,3-4,8,16H2,1-2H3. The number of nitrogens with two attached hydrogens (primary N) is 1. The molecule has 1 aromatic heterocycles. The van der Waals surface area contributed by atoms with Crippen LogP contribution in [0.5, 0.6) is 0 Å². The van der Waals surface area contributed by atoms with E-state index in [0.717, 1.165) is 34.9 Å². The summed E-state index contributed by atoms with van der Waals surface area (Å²) in [6.45, 7) is 5.00. The van der Waals surface area contributed by atoms with Gasteiger partial charge in [0.1, 0.15) is 12.2 Å². The maximum atomic E-state index is 6.25. The molecule has 0 fully saturated rings. The summed E-state index contributed by atoms with van der Waals surface area (Å²) in [6.07, 6.45) is 3.28. The summed E-state index contributed by atoms with van der Waals surface area (Å²) in [7, 11) is 0. The number of aryl methyl sites for hydroxylation is 2. The van der Waals surface area contributed by atoms with Crippen molar-refractivity contribution in [3.63, 3.8) is 0 Å². The van der Waals surface area contributed by atoms with Crippen molar-refractivity contribution in [2.75, 3.05) is 0 Å². The first-order valence-electron chi connectivity index (χ1n) is 6.49. The molecule has 1 aromatic carbocycles. The van der Waals surface area contributed by atoms with Crippen molar-refractivity contribution >= 4 is 11.6 Å². The molecule has 0 aliphatic carbocycles. The van der Waals surface area contributed by atoms with E-state index in [0.29, 0.717) is 6.42 Å². The van der Waals surface area contributed by atoms with Gasteiger partial charge in [0.25, 0.3) is 0 Å². The molecule has 102 valence electrons. The number of benzene rings is 1. The van der Waals surface area contributed by atoms with Crippen LogP contribution in [0, 0.1) is 6.92 Å². The Bertz CT molecular complexity index is 530. The lowest BCUT2D eigenvalue weighted by molar-refractivity contribution is 0.548. The molecule has 4 nitrogen and oxygen atoms in total. The van der Waals surface area contributed by atoms with Gasteiger partial charge in [-0.15, -0.1) is 0 Å². The molecule has 0 radical (unpaired) electrons. The first kappa shape index (κ1) is 14.0. The fourth-order valence-corrected chi connectivity index (χ4v) is 2.44. The molecule has 1 atom stereocenters. The van der Waals surface area contributed by atoms with E-state index >= 15 is 0 Å². The molecular formula is C14H19ClN4. The maximum absolute atomic E-state index is 6.25. The molecule has 0 saturated heterocycles. The van der Waals surface area contributed by atoms with Gasteiger partial charge in [-0.1, -0.05) is 24.6 Å². The zero-order chi connectivity index (χ0) is 13.8. The van der Waals surface area contributed by atoms with Gasteiger partial charge in [0.05, 0.1) is 0 Å². The second-order valence-electron chi connectivity index (χ2n) is 4.77. The molecule has 2 aromatic rings. The second kappa shape index (κ2) is 6.17. The highest BCUT2D eigenvalue weighted by atomic mass is 35.5. The molecule has 0 aliphatic rings. The average molecular weight is 279 g/mol. The van der Waals surface area contributed by atoms with Crippen LogP contribution in [0.1, 0.15) is 36.3 Å². The van der Waals surface area contributed by atoms with Crippen LogP contribution in [0.25, 0.3) is 0 Å². The Morgan fingerprint density at radius 1 is 1.37 bits per heavy atom. The van der Waals surface area contributed by atoms with Crippen molar-refractivity contribution in [2.45, 2.75) is 39.3 Å². The van der Waals surface area contributed by atoms with Gasteiger partial charge in [-0.2, -0.15) is 5.10 Å². The van der Waals surface area contributed by atoms with Crippen molar-refractivity contribution in [3.05, 3.63) is 46.5 Å². The number of aromatic nitrogens is 3. The van der Waals surface area contributed by atoms with Crippen molar-refractivity contribution in [2.24, 2.45) is 5.73 Å². The fourth-order valence-electron chi connectivity index (χ4n) is 2.14. The summed E-state index contributed by atoms with van der Waals surface area (Å²) >= 11 is 6.07. The molecule has 2 rings (SSSR count). The van der Waals surface area contributed by atoms with Crippen LogP contribution in [0.4, 0.5) is 0 Å². The van der Waals surface area contributed by atoms with Crippen molar-refractivity contribution in [1.82, 2.24) is 14.8 Å². The minimum absolute atomic E-state index is 0.114. The first-order valence-corrected chi connectivity index (χ1v) is 6.87. The summed E-state index contributed by atoms with van der Waals surface area (Å²) in [5, 5.41) is 4.93. The van der Waals surface area contributed by atoms with Gasteiger partial charge in [0, 0.05) is 24.0 Å². The van der Waals surface area contributed by atoms with E-state index in [4.69, 9.17) is 17.3 Å². The van der Waals surface area contributed by atoms with Gasteiger partial charge in [0.15, 0.2) is 0 Å². The van der Waals surface area contributed by atoms with Gasteiger partial charge >= 0.3 is 0 Å². The third-order valence-corrected chi connectivity index (χ3v) is 3.24. The molecular weight excluding hydrogens is 260 g/mol. The SMILES string of the molecule is CCCn1ncnc1CC(N)c1cc(C)cc(Cl)c1. The minimum atomic E-state index is -0.114. The topological polar surface area (TPSA) is 56.7 Å². The molecule has 19 heavy (non-hydrogen) atoms. The number of halogens is 1. The van der Waals surface area contributed by atoms with E-state index in [1.54, 1.807) is 6.33 Å². The molecule has 0 amide bonds. The summed E-state index contributed by atoms with van der Waals surface area (Å²) in [4.78, 5) is 4.28. The normalized spacial score (nSPS) is 12.6. The summed E-state index contributed by atoms with van der Waals surface area (Å²) in [6, 6.07) is 5.80. The highest BCUT2D eigenvalue weighted by Gasteiger charge is 2.12. The van der Waals surface area contributed by atoms with Crippen LogP contribution < -0.4 is 5.73 Å².